The second-order valence-electron chi connectivity index (χ2n) is 6.64. The van der Waals surface area contributed by atoms with Gasteiger partial charge in [-0.05, 0) is 12.1 Å². The molecule has 11 heteroatoms. The molecule has 0 saturated heterocycles. The molecular weight excluding hydrogens is 590 g/mol. The van der Waals surface area contributed by atoms with E-state index in [0.29, 0.717) is 43.9 Å². The van der Waals surface area contributed by atoms with Gasteiger partial charge in [0, 0.05) is 6.20 Å². The molecule has 0 unspecified atom stereocenters. The molecule has 1 aliphatic heterocycles. The molecule has 1 amide bonds. The summed E-state index contributed by atoms with van der Waals surface area (Å²) in [6, 6.07) is 9.39. The number of hydrogen-bond acceptors (Lipinski definition) is 5. The number of alkyl halides is 2. The fourth-order valence-corrected chi connectivity index (χ4v) is 3.85. The Bertz CT molecular complexity index is 1120. The van der Waals surface area contributed by atoms with Crippen molar-refractivity contribution in [3.8, 4) is 0 Å². The molecule has 1 aliphatic rings. The average molecular weight is 606 g/mol. The summed E-state index contributed by atoms with van der Waals surface area (Å²) in [6.45, 7) is 1.36. The second-order valence-corrected chi connectivity index (χ2v) is 9.21. The molecule has 0 fully saturated rings. The molecule has 2 aromatic heterocycles. The van der Waals surface area contributed by atoms with Crippen LogP contribution in [-0.4, -0.2) is 63.5 Å². The Hall–Kier alpha value is -2.64. The van der Waals surface area contributed by atoms with Crippen molar-refractivity contribution in [2.45, 2.75) is 13.0 Å². The number of anilines is 1. The third kappa shape index (κ3) is 4.13. The molecule has 0 spiro atoms. The summed E-state index contributed by atoms with van der Waals surface area (Å²) in [6.07, 6.45) is 0.296. The van der Waals surface area contributed by atoms with Gasteiger partial charge in [-0.2, -0.15) is 0 Å². The van der Waals surface area contributed by atoms with Gasteiger partial charge < -0.3 is 0 Å². The number of carbonyl (C=O) groups is 1. The summed E-state index contributed by atoms with van der Waals surface area (Å²) in [5, 5.41) is 8.38. The first kappa shape index (κ1) is 20.6. The number of hydrazone groups is 1. The first-order valence-corrected chi connectivity index (χ1v) is 11.1. The van der Waals surface area contributed by atoms with Crippen molar-refractivity contribution in [3.05, 3.63) is 65.4 Å². The van der Waals surface area contributed by atoms with Crippen molar-refractivity contribution in [2.75, 3.05) is 18.1 Å². The van der Waals surface area contributed by atoms with E-state index in [2.05, 4.69) is 18.1 Å². The molecule has 30 heavy (non-hydrogen) atoms. The van der Waals surface area contributed by atoms with Crippen LogP contribution in [0.1, 0.15) is 28.2 Å². The van der Waals surface area contributed by atoms with E-state index in [-0.39, 0.29) is 17.9 Å². The van der Waals surface area contributed by atoms with Crippen LogP contribution in [0.2, 0.25) is 0 Å². The van der Waals surface area contributed by atoms with Gasteiger partial charge in [0.1, 0.15) is 11.3 Å². The maximum atomic E-state index is 14.6. The van der Waals surface area contributed by atoms with Gasteiger partial charge in [-0.3, -0.25) is 4.40 Å². The van der Waals surface area contributed by atoms with Crippen molar-refractivity contribution < 1.29 is 18.0 Å². The van der Waals surface area contributed by atoms with Crippen molar-refractivity contribution in [2.24, 2.45) is 5.10 Å². The van der Waals surface area contributed by atoms with Crippen molar-refractivity contribution in [1.82, 2.24) is 17.4 Å². The van der Waals surface area contributed by atoms with E-state index in [1.807, 2.05) is 0 Å². The minimum Gasteiger partial charge on any atom is -0.295 e. The topological polar surface area (TPSA) is 65.2 Å². The van der Waals surface area contributed by atoms with Crippen LogP contribution < -0.4 is 10.3 Å². The van der Waals surface area contributed by atoms with Gasteiger partial charge >= 0.3 is 126 Å². The number of nitrogens with zero attached hydrogens (tertiary/aromatic N) is 5. The summed E-state index contributed by atoms with van der Waals surface area (Å²) in [5.74, 6) is -1.17. The van der Waals surface area contributed by atoms with Crippen LogP contribution in [0, 0.1) is 5.82 Å². The van der Waals surface area contributed by atoms with Crippen LogP contribution in [0.3, 0.4) is 0 Å². The number of benzene rings is 1. The van der Waals surface area contributed by atoms with E-state index in [1.54, 1.807) is 41.7 Å². The quantitative estimate of drug-likeness (QED) is 0.454. The number of aromatic nitrogens is 2. The number of fused-ring (bicyclic) bond motifs is 1. The maximum absolute atomic E-state index is 14.6. The van der Waals surface area contributed by atoms with Crippen LogP contribution in [0.15, 0.2) is 47.7 Å². The fraction of sp³-hybridized carbons (Fsp3) is 0.211. The molecule has 3 aromatic rings. The summed E-state index contributed by atoms with van der Waals surface area (Å²) in [5.41, 5.74) is 0.292. The summed E-state index contributed by atoms with van der Waals surface area (Å²) < 4.78 is 44.7. The molecule has 0 saturated carbocycles. The summed E-state index contributed by atoms with van der Waals surface area (Å²) in [7, 11) is 0. The smallest absolute Gasteiger partial charge is 0.295 e. The Labute approximate surface area is 186 Å². The Balaban J connectivity index is 1.51. The molecular formula is C19H16F3N6OTl. The zero-order valence-electron chi connectivity index (χ0n) is 15.7. The van der Waals surface area contributed by atoms with Gasteiger partial charge in [0.05, 0.1) is 0 Å². The number of pyridine rings is 1. The normalized spacial score (nSPS) is 14.0. The minimum atomic E-state index is -2.89. The SMILES string of the molecule is O=C(NCc1ccc(N2CC[N]([Tl])C=N2)c(F)c1)c1c(C(F)F)nc2ccccn12. The second kappa shape index (κ2) is 8.62. The van der Waals surface area contributed by atoms with E-state index in [0.717, 1.165) is 6.54 Å². The van der Waals surface area contributed by atoms with E-state index in [1.165, 1.54) is 16.7 Å². The van der Waals surface area contributed by atoms with Crippen LogP contribution in [0.4, 0.5) is 18.9 Å². The van der Waals surface area contributed by atoms with Crippen molar-refractivity contribution >= 4 is 49.6 Å². The zero-order chi connectivity index (χ0) is 21.3. The van der Waals surface area contributed by atoms with Crippen LogP contribution >= 0.6 is 0 Å². The first-order valence-electron chi connectivity index (χ1n) is 9.09. The number of carbonyl (C=O) groups excluding carboxylic acids is 1. The number of amides is 1. The molecule has 0 atom stereocenters. The van der Waals surface area contributed by atoms with E-state index in [4.69, 9.17) is 0 Å². The number of imidazole rings is 1. The number of nitrogens with one attached hydrogen (secondary N) is 1. The Morgan fingerprint density at radius 2 is 2.07 bits per heavy atom. The Morgan fingerprint density at radius 1 is 1.23 bits per heavy atom. The van der Waals surface area contributed by atoms with E-state index >= 15 is 0 Å². The third-order valence-corrected chi connectivity index (χ3v) is 6.15. The number of hydrogen-bond donors (Lipinski definition) is 1. The number of halogens is 3. The molecule has 1 aromatic carbocycles. The molecule has 0 bridgehead atoms. The van der Waals surface area contributed by atoms with Gasteiger partial charge in [-0.1, -0.05) is 6.07 Å². The zero-order valence-corrected chi connectivity index (χ0v) is 20.2. The molecule has 3 heterocycles. The van der Waals surface area contributed by atoms with E-state index in [9.17, 15) is 18.0 Å². The minimum absolute atomic E-state index is 0.0164. The van der Waals surface area contributed by atoms with Gasteiger partial charge in [0.15, 0.2) is 0 Å². The molecule has 1 N–H and O–H groups in total. The fourth-order valence-electron chi connectivity index (χ4n) is 3.16. The summed E-state index contributed by atoms with van der Waals surface area (Å²) >= 11 is 0.648. The molecule has 152 valence electrons. The Morgan fingerprint density at radius 3 is 2.77 bits per heavy atom. The molecule has 0 aliphatic carbocycles. The van der Waals surface area contributed by atoms with Crippen LogP contribution in [0.25, 0.3) is 5.65 Å². The predicted molar refractivity (Wildman–Crippen MR) is 106 cm³/mol. The van der Waals surface area contributed by atoms with E-state index < -0.39 is 23.8 Å². The average Bonchev–Trinajstić information content (AvgIpc) is 3.13. The molecule has 7 nitrogen and oxygen atoms in total. The van der Waals surface area contributed by atoms with Crippen LogP contribution in [-0.2, 0) is 6.54 Å². The van der Waals surface area contributed by atoms with Crippen molar-refractivity contribution in [3.63, 3.8) is 0 Å². The first-order chi connectivity index (χ1) is 14.4. The predicted octanol–water partition coefficient (Wildman–Crippen LogP) is 2.49. The van der Waals surface area contributed by atoms with Gasteiger partial charge in [0.2, 0.25) is 0 Å². The van der Waals surface area contributed by atoms with Gasteiger partial charge in [-0.15, -0.1) is 0 Å². The Kier molecular flexibility index (Phi) is 5.92. The number of rotatable bonds is 5. The van der Waals surface area contributed by atoms with Crippen molar-refractivity contribution in [1.29, 1.82) is 0 Å². The monoisotopic (exact) mass is 606 g/mol. The molecule has 4 rings (SSSR count). The summed E-state index contributed by atoms with van der Waals surface area (Å²) in [4.78, 5) is 16.5. The molecule has 0 radical (unpaired) electrons. The van der Waals surface area contributed by atoms with Crippen LogP contribution in [0.5, 0.6) is 0 Å². The van der Waals surface area contributed by atoms with Gasteiger partial charge in [-0.25, -0.2) is 13.8 Å². The van der Waals surface area contributed by atoms with Gasteiger partial charge in [0.25, 0.3) is 6.43 Å². The standard InChI is InChI=1S/C19H17F3N6O.Tl/c20-13-9-12(4-5-14(13)28-8-6-23-11-25-28)10-24-19(29)17-16(18(21)22)26-15-3-1-2-7-27(15)17;/h1-5,7,9,11,18H,6,8,10H2,(H2,23,24,25,29);/q;+1/p-1. The third-order valence-electron chi connectivity index (χ3n) is 4.63.